The number of piperazine rings is 1. The van der Waals surface area contributed by atoms with Crippen molar-refractivity contribution in [3.8, 4) is 0 Å². The Hall–Kier alpha value is -1.52. The molecule has 0 radical (unpaired) electrons. The molecular formula is C18H20Cl2N2O2. The predicted molar refractivity (Wildman–Crippen MR) is 95.4 cm³/mol. The minimum Gasteiger partial charge on any atom is -0.339 e. The number of halogens is 2. The Morgan fingerprint density at radius 1 is 1.08 bits per heavy atom. The predicted octanol–water partition coefficient (Wildman–Crippen LogP) is 3.63. The topological polar surface area (TPSA) is 40.6 Å². The lowest BCUT2D eigenvalue weighted by Crippen LogP contribution is -2.50. The van der Waals surface area contributed by atoms with Gasteiger partial charge in [-0.3, -0.25) is 9.59 Å². The number of amides is 2. The molecule has 1 aliphatic carbocycles. The monoisotopic (exact) mass is 366 g/mol. The Labute approximate surface area is 152 Å². The Balaban J connectivity index is 1.56. The van der Waals surface area contributed by atoms with Gasteiger partial charge in [-0.05, 0) is 30.9 Å². The molecule has 0 spiro atoms. The average molecular weight is 367 g/mol. The summed E-state index contributed by atoms with van der Waals surface area (Å²) in [6.45, 7) is 2.18. The van der Waals surface area contributed by atoms with Crippen molar-refractivity contribution in [2.45, 2.75) is 19.3 Å². The number of benzene rings is 1. The van der Waals surface area contributed by atoms with Crippen LogP contribution in [0.25, 0.3) is 0 Å². The Kier molecular flexibility index (Phi) is 5.47. The average Bonchev–Trinajstić information content (AvgIpc) is 3.10. The van der Waals surface area contributed by atoms with Gasteiger partial charge < -0.3 is 9.80 Å². The zero-order chi connectivity index (χ0) is 17.1. The van der Waals surface area contributed by atoms with Gasteiger partial charge in [0.2, 0.25) is 5.91 Å². The third kappa shape index (κ3) is 3.76. The van der Waals surface area contributed by atoms with E-state index in [9.17, 15) is 9.59 Å². The second-order valence-corrected chi connectivity index (χ2v) is 7.03. The molecule has 1 saturated heterocycles. The van der Waals surface area contributed by atoms with Gasteiger partial charge in [-0.25, -0.2) is 0 Å². The molecule has 24 heavy (non-hydrogen) atoms. The van der Waals surface area contributed by atoms with E-state index >= 15 is 0 Å². The highest BCUT2D eigenvalue weighted by atomic mass is 35.5. The number of carbonyl (C=O) groups excluding carboxylic acids is 2. The normalized spacial score (nSPS) is 20.5. The smallest absolute Gasteiger partial charge is 0.255 e. The van der Waals surface area contributed by atoms with Gasteiger partial charge in [0.15, 0.2) is 0 Å². The number of rotatable bonds is 3. The van der Waals surface area contributed by atoms with E-state index in [-0.39, 0.29) is 16.8 Å². The maximum Gasteiger partial charge on any atom is 0.255 e. The van der Waals surface area contributed by atoms with Crippen molar-refractivity contribution in [3.63, 3.8) is 0 Å². The molecule has 1 fully saturated rings. The third-order valence-corrected chi connectivity index (χ3v) is 5.47. The van der Waals surface area contributed by atoms with E-state index < -0.39 is 0 Å². The number of hydrogen-bond acceptors (Lipinski definition) is 2. The van der Waals surface area contributed by atoms with Crippen molar-refractivity contribution in [1.29, 1.82) is 0 Å². The fraction of sp³-hybridized carbons (Fsp3) is 0.444. The van der Waals surface area contributed by atoms with Crippen LogP contribution >= 0.6 is 23.2 Å². The molecule has 1 heterocycles. The van der Waals surface area contributed by atoms with Crippen molar-refractivity contribution in [2.75, 3.05) is 26.2 Å². The minimum atomic E-state index is -0.131. The number of allylic oxidation sites excluding steroid dienone is 2. The number of hydrogen-bond donors (Lipinski definition) is 0. The van der Waals surface area contributed by atoms with Crippen LogP contribution in [0.2, 0.25) is 10.0 Å². The molecule has 2 aliphatic rings. The van der Waals surface area contributed by atoms with Crippen LogP contribution in [0.15, 0.2) is 30.4 Å². The minimum absolute atomic E-state index is 0.131. The molecule has 1 aromatic rings. The highest BCUT2D eigenvalue weighted by Gasteiger charge is 2.27. The van der Waals surface area contributed by atoms with E-state index in [0.29, 0.717) is 49.1 Å². The number of nitrogens with zero attached hydrogens (tertiary/aromatic N) is 2. The highest BCUT2D eigenvalue weighted by molar-refractivity contribution is 6.43. The first-order valence-corrected chi connectivity index (χ1v) is 8.99. The first-order valence-electron chi connectivity index (χ1n) is 8.24. The van der Waals surface area contributed by atoms with Gasteiger partial charge >= 0.3 is 0 Å². The summed E-state index contributed by atoms with van der Waals surface area (Å²) in [7, 11) is 0. The standard InChI is InChI=1S/C18H20Cl2N2O2/c19-15-7-3-6-14(17(15)20)18(24)22-10-8-21(9-11-22)16(23)12-13-4-1-2-5-13/h1,3-4,6-7,13H,2,5,8-12H2. The van der Waals surface area contributed by atoms with E-state index in [1.807, 2.05) is 4.90 Å². The highest BCUT2D eigenvalue weighted by Crippen LogP contribution is 2.27. The molecule has 4 nitrogen and oxygen atoms in total. The summed E-state index contributed by atoms with van der Waals surface area (Å²) in [4.78, 5) is 28.5. The van der Waals surface area contributed by atoms with E-state index in [2.05, 4.69) is 12.2 Å². The zero-order valence-electron chi connectivity index (χ0n) is 13.4. The summed E-state index contributed by atoms with van der Waals surface area (Å²) in [5, 5.41) is 0.664. The molecular weight excluding hydrogens is 347 g/mol. The molecule has 128 valence electrons. The molecule has 0 bridgehead atoms. The van der Waals surface area contributed by atoms with Crippen molar-refractivity contribution in [3.05, 3.63) is 46.0 Å². The maximum atomic E-state index is 12.6. The summed E-state index contributed by atoms with van der Waals surface area (Å²) in [5.41, 5.74) is 0.417. The van der Waals surface area contributed by atoms with Gasteiger partial charge in [0.25, 0.3) is 5.91 Å². The van der Waals surface area contributed by atoms with Crippen molar-refractivity contribution in [1.82, 2.24) is 9.80 Å². The summed E-state index contributed by atoms with van der Waals surface area (Å²) >= 11 is 12.1. The summed E-state index contributed by atoms with van der Waals surface area (Å²) in [5.74, 6) is 0.426. The lowest BCUT2D eigenvalue weighted by atomic mass is 10.0. The van der Waals surface area contributed by atoms with Crippen molar-refractivity contribution < 1.29 is 9.59 Å². The van der Waals surface area contributed by atoms with Crippen LogP contribution in [0.3, 0.4) is 0 Å². The van der Waals surface area contributed by atoms with Crippen LogP contribution in [-0.2, 0) is 4.79 Å². The lowest BCUT2D eigenvalue weighted by molar-refractivity contribution is -0.133. The van der Waals surface area contributed by atoms with Gasteiger partial charge in [0.1, 0.15) is 0 Å². The van der Waals surface area contributed by atoms with Gasteiger partial charge in [-0.2, -0.15) is 0 Å². The van der Waals surface area contributed by atoms with Gasteiger partial charge in [-0.1, -0.05) is 41.4 Å². The molecule has 0 aromatic heterocycles. The molecule has 1 unspecified atom stereocenters. The lowest BCUT2D eigenvalue weighted by Gasteiger charge is -2.35. The van der Waals surface area contributed by atoms with E-state index in [0.717, 1.165) is 12.8 Å². The summed E-state index contributed by atoms with van der Waals surface area (Å²) < 4.78 is 0. The van der Waals surface area contributed by atoms with Crippen molar-refractivity contribution >= 4 is 35.0 Å². The van der Waals surface area contributed by atoms with Crippen LogP contribution in [-0.4, -0.2) is 47.8 Å². The van der Waals surface area contributed by atoms with Crippen LogP contribution in [0.4, 0.5) is 0 Å². The van der Waals surface area contributed by atoms with Gasteiger partial charge in [0, 0.05) is 32.6 Å². The van der Waals surface area contributed by atoms with E-state index in [1.54, 1.807) is 23.1 Å². The molecule has 1 aromatic carbocycles. The molecule has 3 rings (SSSR count). The SMILES string of the molecule is O=C(CC1C=CCC1)N1CCN(C(=O)c2cccc(Cl)c2Cl)CC1. The molecule has 0 saturated carbocycles. The summed E-state index contributed by atoms with van der Waals surface area (Å²) in [6, 6.07) is 5.06. The van der Waals surface area contributed by atoms with Gasteiger partial charge in [-0.15, -0.1) is 0 Å². The largest absolute Gasteiger partial charge is 0.339 e. The Morgan fingerprint density at radius 3 is 2.46 bits per heavy atom. The van der Waals surface area contributed by atoms with Gasteiger partial charge in [0.05, 0.1) is 15.6 Å². The maximum absolute atomic E-state index is 12.6. The first kappa shape index (κ1) is 17.3. The van der Waals surface area contributed by atoms with E-state index in [1.165, 1.54) is 0 Å². The fourth-order valence-electron chi connectivity index (χ4n) is 3.22. The van der Waals surface area contributed by atoms with E-state index in [4.69, 9.17) is 23.2 Å². The van der Waals surface area contributed by atoms with Crippen LogP contribution in [0, 0.1) is 5.92 Å². The molecule has 6 heteroatoms. The van der Waals surface area contributed by atoms with Crippen LogP contribution in [0.5, 0.6) is 0 Å². The zero-order valence-corrected chi connectivity index (χ0v) is 14.9. The molecule has 1 aliphatic heterocycles. The Bertz CT molecular complexity index is 667. The number of carbonyl (C=O) groups is 2. The summed E-state index contributed by atoms with van der Waals surface area (Å²) in [6.07, 6.45) is 6.99. The molecule has 0 N–H and O–H groups in total. The van der Waals surface area contributed by atoms with Crippen LogP contribution < -0.4 is 0 Å². The second-order valence-electron chi connectivity index (χ2n) is 6.24. The fourth-order valence-corrected chi connectivity index (χ4v) is 3.60. The molecule has 1 atom stereocenters. The quantitative estimate of drug-likeness (QED) is 0.766. The first-order chi connectivity index (χ1) is 11.6. The van der Waals surface area contributed by atoms with Crippen LogP contribution in [0.1, 0.15) is 29.6 Å². The molecule has 2 amide bonds. The Morgan fingerprint density at radius 2 is 1.79 bits per heavy atom. The third-order valence-electron chi connectivity index (χ3n) is 4.65. The van der Waals surface area contributed by atoms with Crippen molar-refractivity contribution in [2.24, 2.45) is 5.92 Å². The second kappa shape index (κ2) is 7.58.